The van der Waals surface area contributed by atoms with Gasteiger partial charge in [-0.25, -0.2) is 14.3 Å². The van der Waals surface area contributed by atoms with Crippen LogP contribution in [-0.4, -0.2) is 48.5 Å². The highest BCUT2D eigenvalue weighted by atomic mass is 16.5. The van der Waals surface area contributed by atoms with Crippen molar-refractivity contribution in [3.05, 3.63) is 72.6 Å². The normalized spacial score (nSPS) is 10.4. The number of anilines is 2. The molecule has 0 radical (unpaired) electrons. The van der Waals surface area contributed by atoms with Gasteiger partial charge in [0.1, 0.15) is 0 Å². The number of amides is 2. The van der Waals surface area contributed by atoms with Crippen LogP contribution >= 0.6 is 0 Å². The number of rotatable bonds is 9. The first-order chi connectivity index (χ1) is 15.1. The number of para-hydroxylation sites is 1. The zero-order chi connectivity index (χ0) is 22.1. The Morgan fingerprint density at radius 1 is 1.06 bits per heavy atom. The number of hydrogen-bond acceptors (Lipinski definition) is 5. The molecule has 0 bridgehead atoms. The Kier molecular flexibility index (Phi) is 7.64. The summed E-state index contributed by atoms with van der Waals surface area (Å²) >= 11 is 0. The summed E-state index contributed by atoms with van der Waals surface area (Å²) in [5.74, 6) is -0.453. The first kappa shape index (κ1) is 21.9. The number of esters is 1. The van der Waals surface area contributed by atoms with E-state index in [4.69, 9.17) is 4.74 Å². The van der Waals surface area contributed by atoms with E-state index >= 15 is 0 Å². The van der Waals surface area contributed by atoms with Gasteiger partial charge in [0.15, 0.2) is 5.69 Å². The second kappa shape index (κ2) is 10.8. The van der Waals surface area contributed by atoms with Gasteiger partial charge in [-0.2, -0.15) is 5.10 Å². The summed E-state index contributed by atoms with van der Waals surface area (Å²) in [4.78, 5) is 26.0. The van der Waals surface area contributed by atoms with Crippen molar-refractivity contribution < 1.29 is 14.3 Å². The zero-order valence-electron chi connectivity index (χ0n) is 17.7. The number of urea groups is 1. The molecule has 1 aromatic heterocycles. The van der Waals surface area contributed by atoms with E-state index in [1.165, 1.54) is 0 Å². The minimum absolute atomic E-state index is 0.251. The number of carbonyl (C=O) groups excluding carboxylic acids is 2. The van der Waals surface area contributed by atoms with Crippen LogP contribution in [-0.2, 0) is 4.74 Å². The van der Waals surface area contributed by atoms with Crippen molar-refractivity contribution in [2.45, 2.75) is 13.3 Å². The van der Waals surface area contributed by atoms with Gasteiger partial charge in [0.2, 0.25) is 0 Å². The fraction of sp³-hybridized carbons (Fsp3) is 0.261. The summed E-state index contributed by atoms with van der Waals surface area (Å²) in [6, 6.07) is 18.7. The maximum Gasteiger partial charge on any atom is 0.358 e. The van der Waals surface area contributed by atoms with Crippen LogP contribution in [0.15, 0.2) is 66.9 Å². The lowest BCUT2D eigenvalue weighted by Crippen LogP contribution is -2.31. The molecule has 31 heavy (non-hydrogen) atoms. The summed E-state index contributed by atoms with van der Waals surface area (Å²) in [7, 11) is 2.03. The van der Waals surface area contributed by atoms with E-state index in [-0.39, 0.29) is 11.7 Å². The highest BCUT2D eigenvalue weighted by Gasteiger charge is 2.11. The molecule has 0 fully saturated rings. The largest absolute Gasteiger partial charge is 0.461 e. The second-order valence-electron chi connectivity index (χ2n) is 6.90. The molecule has 0 aliphatic carbocycles. The van der Waals surface area contributed by atoms with Crippen LogP contribution in [0.25, 0.3) is 5.69 Å². The van der Waals surface area contributed by atoms with Crippen molar-refractivity contribution in [1.29, 1.82) is 0 Å². The Morgan fingerprint density at radius 2 is 1.81 bits per heavy atom. The van der Waals surface area contributed by atoms with Crippen molar-refractivity contribution in [3.8, 4) is 5.69 Å². The number of benzene rings is 2. The molecule has 0 aliphatic heterocycles. The van der Waals surface area contributed by atoms with Crippen LogP contribution in [0.4, 0.5) is 16.2 Å². The Morgan fingerprint density at radius 3 is 2.52 bits per heavy atom. The van der Waals surface area contributed by atoms with Gasteiger partial charge in [-0.15, -0.1) is 0 Å². The molecule has 3 rings (SSSR count). The second-order valence-corrected chi connectivity index (χ2v) is 6.90. The minimum atomic E-state index is -0.453. The predicted molar refractivity (Wildman–Crippen MR) is 121 cm³/mol. The summed E-state index contributed by atoms with van der Waals surface area (Å²) < 4.78 is 6.53. The average Bonchev–Trinajstić information content (AvgIpc) is 3.28. The lowest BCUT2D eigenvalue weighted by atomic mass is 10.3. The number of aromatic nitrogens is 2. The number of ether oxygens (including phenoxy) is 1. The minimum Gasteiger partial charge on any atom is -0.461 e. The van der Waals surface area contributed by atoms with E-state index in [0.717, 1.165) is 24.3 Å². The van der Waals surface area contributed by atoms with Crippen molar-refractivity contribution in [2.24, 2.45) is 0 Å². The molecule has 2 amide bonds. The first-order valence-corrected chi connectivity index (χ1v) is 10.2. The molecule has 0 spiro atoms. The van der Waals surface area contributed by atoms with Gasteiger partial charge >= 0.3 is 12.0 Å². The average molecular weight is 422 g/mol. The van der Waals surface area contributed by atoms with Crippen molar-refractivity contribution >= 4 is 23.4 Å². The quantitative estimate of drug-likeness (QED) is 0.406. The smallest absolute Gasteiger partial charge is 0.358 e. The fourth-order valence-corrected chi connectivity index (χ4v) is 2.98. The molecule has 0 saturated carbocycles. The molecule has 8 heteroatoms. The third kappa shape index (κ3) is 6.33. The van der Waals surface area contributed by atoms with Crippen LogP contribution in [0, 0.1) is 0 Å². The van der Waals surface area contributed by atoms with E-state index in [0.29, 0.717) is 18.8 Å². The molecular formula is C23H27N5O3. The number of nitrogens with zero attached hydrogens (tertiary/aromatic N) is 3. The van der Waals surface area contributed by atoms with Crippen LogP contribution < -0.4 is 15.5 Å². The molecule has 162 valence electrons. The summed E-state index contributed by atoms with van der Waals surface area (Å²) in [6.45, 7) is 3.47. The van der Waals surface area contributed by atoms with Crippen molar-refractivity contribution in [3.63, 3.8) is 0 Å². The Bertz CT molecular complexity index is 986. The molecule has 8 nitrogen and oxygen atoms in total. The Hall–Kier alpha value is -3.81. The highest BCUT2D eigenvalue weighted by Crippen LogP contribution is 2.14. The SMILES string of the molecule is CCOC(=O)c1ccn(-c2ccc(NC(=O)NCCCN(C)c3ccccc3)cc2)n1. The van der Waals surface area contributed by atoms with Gasteiger partial charge in [0.25, 0.3) is 0 Å². The van der Waals surface area contributed by atoms with Gasteiger partial charge < -0.3 is 20.3 Å². The number of carbonyl (C=O) groups is 2. The molecule has 0 saturated heterocycles. The van der Waals surface area contributed by atoms with E-state index < -0.39 is 5.97 Å². The van der Waals surface area contributed by atoms with E-state index in [1.54, 1.807) is 36.0 Å². The lowest BCUT2D eigenvalue weighted by Gasteiger charge is -2.19. The third-order valence-corrected chi connectivity index (χ3v) is 4.62. The maximum absolute atomic E-state index is 12.1. The van der Waals surface area contributed by atoms with Crippen LogP contribution in [0.5, 0.6) is 0 Å². The molecular weight excluding hydrogens is 394 g/mol. The monoisotopic (exact) mass is 421 g/mol. The van der Waals surface area contributed by atoms with Crippen LogP contribution in [0.1, 0.15) is 23.8 Å². The van der Waals surface area contributed by atoms with E-state index in [1.807, 2.05) is 37.4 Å². The standard InChI is InChI=1S/C23H27N5O3/c1-3-31-22(29)21-14-17-28(26-21)20-12-10-18(11-13-20)25-23(30)24-15-7-16-27(2)19-8-5-4-6-9-19/h4-6,8-14,17H,3,7,15-16H2,1-2H3,(H2,24,25,30). The Labute approximate surface area is 181 Å². The molecule has 2 N–H and O–H groups in total. The fourth-order valence-electron chi connectivity index (χ4n) is 2.98. The lowest BCUT2D eigenvalue weighted by molar-refractivity contribution is 0.0519. The maximum atomic E-state index is 12.1. The van der Waals surface area contributed by atoms with Crippen LogP contribution in [0.3, 0.4) is 0 Å². The van der Waals surface area contributed by atoms with Crippen LogP contribution in [0.2, 0.25) is 0 Å². The Balaban J connectivity index is 1.43. The first-order valence-electron chi connectivity index (χ1n) is 10.2. The topological polar surface area (TPSA) is 88.5 Å². The summed E-state index contributed by atoms with van der Waals surface area (Å²) in [5, 5.41) is 9.89. The molecule has 0 unspecified atom stereocenters. The number of hydrogen-bond donors (Lipinski definition) is 2. The zero-order valence-corrected chi connectivity index (χ0v) is 17.7. The van der Waals surface area contributed by atoms with E-state index in [2.05, 4.69) is 32.8 Å². The summed E-state index contributed by atoms with van der Waals surface area (Å²) in [6.07, 6.45) is 2.52. The van der Waals surface area contributed by atoms with E-state index in [9.17, 15) is 9.59 Å². The van der Waals surface area contributed by atoms with Gasteiger partial charge in [-0.3, -0.25) is 0 Å². The molecule has 3 aromatic rings. The van der Waals surface area contributed by atoms with Crippen molar-refractivity contribution in [1.82, 2.24) is 15.1 Å². The third-order valence-electron chi connectivity index (χ3n) is 4.62. The van der Waals surface area contributed by atoms with Gasteiger partial charge in [0.05, 0.1) is 12.3 Å². The molecule has 2 aromatic carbocycles. The molecule has 0 atom stereocenters. The molecule has 1 heterocycles. The van der Waals surface area contributed by atoms with Gasteiger partial charge in [0, 0.05) is 37.7 Å². The molecule has 0 aliphatic rings. The predicted octanol–water partition coefficient (Wildman–Crippen LogP) is 3.70. The van der Waals surface area contributed by atoms with Gasteiger partial charge in [-0.05, 0) is 55.8 Å². The number of nitrogens with one attached hydrogen (secondary N) is 2. The van der Waals surface area contributed by atoms with Gasteiger partial charge in [-0.1, -0.05) is 18.2 Å². The van der Waals surface area contributed by atoms with Crippen molar-refractivity contribution in [2.75, 3.05) is 37.0 Å². The highest BCUT2D eigenvalue weighted by molar-refractivity contribution is 5.89. The summed E-state index contributed by atoms with van der Waals surface area (Å²) in [5.41, 5.74) is 2.84.